The number of carbonyl (C=O) groups excluding carboxylic acids is 2. The second-order valence-electron chi connectivity index (χ2n) is 4.17. The fourth-order valence-electron chi connectivity index (χ4n) is 1.91. The second kappa shape index (κ2) is 4.44. The zero-order valence-electron chi connectivity index (χ0n) is 9.32. The molecule has 0 aromatic heterocycles. The lowest BCUT2D eigenvalue weighted by atomic mass is 10.0. The molecule has 0 radical (unpaired) electrons. The van der Waals surface area contributed by atoms with Crippen molar-refractivity contribution in [3.8, 4) is 0 Å². The van der Waals surface area contributed by atoms with E-state index in [1.807, 2.05) is 30.3 Å². The molecule has 0 saturated heterocycles. The van der Waals surface area contributed by atoms with Crippen LogP contribution < -0.4 is 0 Å². The predicted octanol–water partition coefficient (Wildman–Crippen LogP) is 2.56. The Balaban J connectivity index is 2.05. The molecule has 0 fully saturated rings. The summed E-state index contributed by atoms with van der Waals surface area (Å²) in [5, 5.41) is 0. The minimum absolute atomic E-state index is 0.0736. The summed E-state index contributed by atoms with van der Waals surface area (Å²) in [6.07, 6.45) is 3.35. The molecular formula is C14H14O2. The van der Waals surface area contributed by atoms with Crippen LogP contribution in [0.5, 0.6) is 0 Å². The quantitative estimate of drug-likeness (QED) is 0.772. The number of carbonyl (C=O) groups is 2. The highest BCUT2D eigenvalue weighted by molar-refractivity contribution is 6.03. The largest absolute Gasteiger partial charge is 0.300 e. The first-order valence-corrected chi connectivity index (χ1v) is 5.48. The number of hydrogen-bond donors (Lipinski definition) is 0. The van der Waals surface area contributed by atoms with Gasteiger partial charge in [-0.3, -0.25) is 4.79 Å². The molecule has 1 aromatic carbocycles. The van der Waals surface area contributed by atoms with Crippen molar-refractivity contribution in [2.75, 3.05) is 0 Å². The predicted molar refractivity (Wildman–Crippen MR) is 63.0 cm³/mol. The Morgan fingerprint density at radius 3 is 2.62 bits per heavy atom. The zero-order chi connectivity index (χ0) is 11.5. The maximum atomic E-state index is 11.8. The second-order valence-corrected chi connectivity index (χ2v) is 4.17. The zero-order valence-corrected chi connectivity index (χ0v) is 9.32. The lowest BCUT2D eigenvalue weighted by molar-refractivity contribution is -0.121. The fourth-order valence-corrected chi connectivity index (χ4v) is 1.91. The van der Waals surface area contributed by atoms with Crippen LogP contribution in [0.4, 0.5) is 0 Å². The number of benzene rings is 1. The minimum Gasteiger partial charge on any atom is -0.300 e. The average molecular weight is 214 g/mol. The van der Waals surface area contributed by atoms with Crippen molar-refractivity contribution in [1.29, 1.82) is 0 Å². The van der Waals surface area contributed by atoms with E-state index in [0.29, 0.717) is 19.3 Å². The van der Waals surface area contributed by atoms with Gasteiger partial charge in [-0.25, -0.2) is 0 Å². The van der Waals surface area contributed by atoms with E-state index in [2.05, 4.69) is 0 Å². The molecule has 0 unspecified atom stereocenters. The van der Waals surface area contributed by atoms with Crippen LogP contribution in [0.1, 0.15) is 30.9 Å². The molecule has 2 heteroatoms. The number of Topliss-reactive ketones (excluding diaryl/α,β-unsaturated/α-hetero) is 2. The summed E-state index contributed by atoms with van der Waals surface area (Å²) in [6.45, 7) is 1.52. The topological polar surface area (TPSA) is 34.1 Å². The molecule has 1 aliphatic rings. The number of hydrogen-bond acceptors (Lipinski definition) is 2. The summed E-state index contributed by atoms with van der Waals surface area (Å²) in [4.78, 5) is 22.6. The molecule has 0 bridgehead atoms. The molecular weight excluding hydrogens is 200 g/mol. The SMILES string of the molecule is CC(=O)CCC(=O)C1=Cc2ccccc2C1. The minimum atomic E-state index is 0.0736. The van der Waals surface area contributed by atoms with Crippen molar-refractivity contribution in [2.24, 2.45) is 0 Å². The van der Waals surface area contributed by atoms with Crippen LogP contribution in [-0.2, 0) is 16.0 Å². The van der Waals surface area contributed by atoms with Crippen molar-refractivity contribution in [2.45, 2.75) is 26.2 Å². The first-order valence-electron chi connectivity index (χ1n) is 5.48. The lowest BCUT2D eigenvalue weighted by Crippen LogP contribution is -2.04. The maximum absolute atomic E-state index is 11.8. The maximum Gasteiger partial charge on any atom is 0.159 e. The fraction of sp³-hybridized carbons (Fsp3) is 0.286. The average Bonchev–Trinajstić information content (AvgIpc) is 2.69. The van der Waals surface area contributed by atoms with E-state index in [9.17, 15) is 9.59 Å². The van der Waals surface area contributed by atoms with E-state index in [4.69, 9.17) is 0 Å². The molecule has 1 aromatic rings. The van der Waals surface area contributed by atoms with Gasteiger partial charge in [-0.1, -0.05) is 24.3 Å². The molecule has 0 N–H and O–H groups in total. The van der Waals surface area contributed by atoms with Gasteiger partial charge in [0.15, 0.2) is 5.78 Å². The normalized spacial score (nSPS) is 13.2. The van der Waals surface area contributed by atoms with Gasteiger partial charge >= 0.3 is 0 Å². The van der Waals surface area contributed by atoms with Gasteiger partial charge in [0, 0.05) is 24.8 Å². The highest BCUT2D eigenvalue weighted by Crippen LogP contribution is 2.25. The van der Waals surface area contributed by atoms with E-state index >= 15 is 0 Å². The smallest absolute Gasteiger partial charge is 0.159 e. The van der Waals surface area contributed by atoms with Crippen molar-refractivity contribution >= 4 is 17.6 Å². The molecule has 82 valence electrons. The molecule has 0 spiro atoms. The van der Waals surface area contributed by atoms with Gasteiger partial charge in [0.1, 0.15) is 5.78 Å². The van der Waals surface area contributed by atoms with Crippen molar-refractivity contribution in [1.82, 2.24) is 0 Å². The van der Waals surface area contributed by atoms with Gasteiger partial charge in [-0.2, -0.15) is 0 Å². The van der Waals surface area contributed by atoms with E-state index < -0.39 is 0 Å². The number of allylic oxidation sites excluding steroid dienone is 1. The van der Waals surface area contributed by atoms with Crippen LogP contribution in [-0.4, -0.2) is 11.6 Å². The highest BCUT2D eigenvalue weighted by atomic mass is 16.1. The number of rotatable bonds is 4. The van der Waals surface area contributed by atoms with E-state index in [1.165, 1.54) is 12.5 Å². The Kier molecular flexibility index (Phi) is 3.00. The van der Waals surface area contributed by atoms with Gasteiger partial charge in [0.25, 0.3) is 0 Å². The Labute approximate surface area is 95.0 Å². The van der Waals surface area contributed by atoms with Gasteiger partial charge in [0.05, 0.1) is 0 Å². The van der Waals surface area contributed by atoms with E-state index in [1.54, 1.807) is 0 Å². The molecule has 0 aliphatic heterocycles. The summed E-state index contributed by atoms with van der Waals surface area (Å²) >= 11 is 0. The summed E-state index contributed by atoms with van der Waals surface area (Å²) in [6, 6.07) is 8.01. The molecule has 2 rings (SSSR count). The molecule has 16 heavy (non-hydrogen) atoms. The van der Waals surface area contributed by atoms with Crippen molar-refractivity contribution < 1.29 is 9.59 Å². The Morgan fingerprint density at radius 2 is 1.94 bits per heavy atom. The first-order chi connectivity index (χ1) is 7.66. The van der Waals surface area contributed by atoms with Crippen LogP contribution in [0.15, 0.2) is 29.8 Å². The van der Waals surface area contributed by atoms with Crippen LogP contribution in [0.2, 0.25) is 0 Å². The number of fused-ring (bicyclic) bond motifs is 1. The van der Waals surface area contributed by atoms with Gasteiger partial charge < -0.3 is 4.79 Å². The van der Waals surface area contributed by atoms with E-state index in [-0.39, 0.29) is 11.6 Å². The van der Waals surface area contributed by atoms with Crippen LogP contribution in [0, 0.1) is 0 Å². The molecule has 0 atom stereocenters. The third-order valence-corrected chi connectivity index (χ3v) is 2.83. The van der Waals surface area contributed by atoms with Crippen LogP contribution in [0.25, 0.3) is 6.08 Å². The summed E-state index contributed by atoms with van der Waals surface area (Å²) in [5.41, 5.74) is 3.17. The van der Waals surface area contributed by atoms with E-state index in [0.717, 1.165) is 11.1 Å². The molecule has 0 amide bonds. The Hall–Kier alpha value is -1.70. The standard InChI is InChI=1S/C14H14O2/c1-10(15)6-7-14(16)13-8-11-4-2-3-5-12(11)9-13/h2-5,8H,6-7,9H2,1H3. The molecule has 1 aliphatic carbocycles. The monoisotopic (exact) mass is 214 g/mol. The first kappa shape index (κ1) is 10.8. The van der Waals surface area contributed by atoms with Gasteiger partial charge in [-0.15, -0.1) is 0 Å². The Bertz CT molecular complexity index is 469. The molecule has 0 heterocycles. The number of ketones is 2. The summed E-state index contributed by atoms with van der Waals surface area (Å²) < 4.78 is 0. The van der Waals surface area contributed by atoms with Gasteiger partial charge in [0.2, 0.25) is 0 Å². The van der Waals surface area contributed by atoms with Crippen molar-refractivity contribution in [3.05, 3.63) is 41.0 Å². The Morgan fingerprint density at radius 1 is 1.19 bits per heavy atom. The molecule has 2 nitrogen and oxygen atoms in total. The van der Waals surface area contributed by atoms with Crippen molar-refractivity contribution in [3.63, 3.8) is 0 Å². The third-order valence-electron chi connectivity index (χ3n) is 2.83. The summed E-state index contributed by atoms with van der Waals surface area (Å²) in [7, 11) is 0. The molecule has 0 saturated carbocycles. The van der Waals surface area contributed by atoms with Crippen LogP contribution in [0.3, 0.4) is 0 Å². The van der Waals surface area contributed by atoms with Crippen LogP contribution >= 0.6 is 0 Å². The third kappa shape index (κ3) is 2.27. The highest BCUT2D eigenvalue weighted by Gasteiger charge is 2.17. The summed E-state index contributed by atoms with van der Waals surface area (Å²) in [5.74, 6) is 0.177. The van der Waals surface area contributed by atoms with Gasteiger partial charge in [-0.05, 0) is 24.1 Å². The lowest BCUT2D eigenvalue weighted by Gasteiger charge is -1.99.